The van der Waals surface area contributed by atoms with E-state index in [2.05, 4.69) is 0 Å². The van der Waals surface area contributed by atoms with Crippen molar-refractivity contribution in [1.29, 1.82) is 0 Å². The van der Waals surface area contributed by atoms with Gasteiger partial charge in [0, 0.05) is 5.02 Å². The molecule has 6 nitrogen and oxygen atoms in total. The Balaban J connectivity index is 2.57. The summed E-state index contributed by atoms with van der Waals surface area (Å²) in [7, 11) is -2.71. The Kier molecular flexibility index (Phi) is 5.58. The van der Waals surface area contributed by atoms with Gasteiger partial charge < -0.3 is 9.84 Å². The second-order valence-corrected chi connectivity index (χ2v) is 7.38. The molecule has 0 aromatic heterocycles. The Labute approximate surface area is 149 Å². The molecule has 24 heavy (non-hydrogen) atoms. The zero-order chi connectivity index (χ0) is 17.9. The van der Waals surface area contributed by atoms with Gasteiger partial charge in [0.25, 0.3) is 10.0 Å². The molecule has 0 amide bonds. The number of carboxylic acid groups (broad SMARTS) is 1. The zero-order valence-electron chi connectivity index (χ0n) is 12.4. The molecule has 0 aliphatic heterocycles. The summed E-state index contributed by atoms with van der Waals surface area (Å²) in [6, 6.07) is 9.75. The van der Waals surface area contributed by atoms with Gasteiger partial charge in [-0.2, -0.15) is 0 Å². The van der Waals surface area contributed by atoms with E-state index < -0.39 is 22.5 Å². The smallest absolute Gasteiger partial charge is 0.324 e. The standard InChI is InChI=1S/C15H13Cl2NO5S/c1-23-11-3-5-12(6-4-11)24(21,22)18(9-15(19)20)14-8-10(16)2-7-13(14)17/h2-8H,9H2,1H3,(H,19,20). The minimum atomic E-state index is -4.16. The van der Waals surface area contributed by atoms with Crippen LogP contribution < -0.4 is 9.04 Å². The van der Waals surface area contributed by atoms with Crippen LogP contribution in [0.15, 0.2) is 47.4 Å². The first-order valence-corrected chi connectivity index (χ1v) is 8.79. The molecule has 1 N–H and O–H groups in total. The molecule has 2 rings (SSSR count). The maximum Gasteiger partial charge on any atom is 0.324 e. The van der Waals surface area contributed by atoms with E-state index in [1.165, 1.54) is 49.6 Å². The first kappa shape index (κ1) is 18.4. The summed E-state index contributed by atoms with van der Waals surface area (Å²) in [4.78, 5) is 11.1. The van der Waals surface area contributed by atoms with E-state index in [-0.39, 0.29) is 20.6 Å². The van der Waals surface area contributed by atoms with Crippen molar-refractivity contribution >= 4 is 44.9 Å². The van der Waals surface area contributed by atoms with Crippen LogP contribution in [0, 0.1) is 0 Å². The number of sulfonamides is 1. The largest absolute Gasteiger partial charge is 0.497 e. The molecule has 9 heteroatoms. The van der Waals surface area contributed by atoms with Gasteiger partial charge in [-0.3, -0.25) is 9.10 Å². The monoisotopic (exact) mass is 389 g/mol. The predicted molar refractivity (Wildman–Crippen MR) is 91.6 cm³/mol. The molecule has 0 bridgehead atoms. The van der Waals surface area contributed by atoms with Crippen LogP contribution in [0.3, 0.4) is 0 Å². The van der Waals surface area contributed by atoms with Gasteiger partial charge in [-0.1, -0.05) is 23.2 Å². The van der Waals surface area contributed by atoms with E-state index in [0.29, 0.717) is 10.1 Å². The number of hydrogen-bond acceptors (Lipinski definition) is 4. The van der Waals surface area contributed by atoms with Gasteiger partial charge in [0.15, 0.2) is 0 Å². The molecule has 0 fully saturated rings. The Morgan fingerprint density at radius 1 is 1.17 bits per heavy atom. The molecule has 2 aromatic carbocycles. The van der Waals surface area contributed by atoms with Gasteiger partial charge in [0.05, 0.1) is 22.7 Å². The normalized spacial score (nSPS) is 11.1. The molecule has 0 atom stereocenters. The number of carboxylic acids is 1. The van der Waals surface area contributed by atoms with Crippen LogP contribution in [-0.4, -0.2) is 33.1 Å². The van der Waals surface area contributed by atoms with E-state index in [0.717, 1.165) is 0 Å². The fourth-order valence-electron chi connectivity index (χ4n) is 1.97. The molecule has 0 unspecified atom stereocenters. The minimum absolute atomic E-state index is 0.0117. The third kappa shape index (κ3) is 3.92. The predicted octanol–water partition coefficient (Wildman–Crippen LogP) is 3.28. The second-order valence-electron chi connectivity index (χ2n) is 4.68. The van der Waals surface area contributed by atoms with Gasteiger partial charge in [-0.15, -0.1) is 0 Å². The summed E-state index contributed by atoms with van der Waals surface area (Å²) >= 11 is 11.9. The van der Waals surface area contributed by atoms with Crippen molar-refractivity contribution < 1.29 is 23.1 Å². The topological polar surface area (TPSA) is 83.9 Å². The van der Waals surface area contributed by atoms with E-state index in [1.807, 2.05) is 0 Å². The highest BCUT2D eigenvalue weighted by Gasteiger charge is 2.29. The number of hydrogen-bond donors (Lipinski definition) is 1. The number of aliphatic carboxylic acids is 1. The van der Waals surface area contributed by atoms with E-state index >= 15 is 0 Å². The fourth-order valence-corrected chi connectivity index (χ4v) is 3.84. The Morgan fingerprint density at radius 3 is 2.33 bits per heavy atom. The number of ether oxygens (including phenoxy) is 1. The van der Waals surface area contributed by atoms with Gasteiger partial charge in [-0.25, -0.2) is 8.42 Å². The fraction of sp³-hybridized carbons (Fsp3) is 0.133. The van der Waals surface area contributed by atoms with Crippen LogP contribution in [0.1, 0.15) is 0 Å². The van der Waals surface area contributed by atoms with Gasteiger partial charge in [0.2, 0.25) is 0 Å². The quantitative estimate of drug-likeness (QED) is 0.819. The zero-order valence-corrected chi connectivity index (χ0v) is 14.8. The maximum absolute atomic E-state index is 12.9. The van der Waals surface area contributed by atoms with Crippen LogP contribution >= 0.6 is 23.2 Å². The van der Waals surface area contributed by atoms with Crippen molar-refractivity contribution in [2.24, 2.45) is 0 Å². The molecule has 0 spiro atoms. The summed E-state index contributed by atoms with van der Waals surface area (Å²) in [6.07, 6.45) is 0. The Bertz CT molecular complexity index is 853. The number of benzene rings is 2. The highest BCUT2D eigenvalue weighted by atomic mass is 35.5. The number of methoxy groups -OCH3 is 1. The number of rotatable bonds is 6. The average Bonchev–Trinajstić information content (AvgIpc) is 2.55. The van der Waals surface area contributed by atoms with Crippen LogP contribution in [0.2, 0.25) is 10.0 Å². The van der Waals surface area contributed by atoms with Crippen LogP contribution in [-0.2, 0) is 14.8 Å². The van der Waals surface area contributed by atoms with Crippen molar-refractivity contribution in [3.05, 3.63) is 52.5 Å². The summed E-state index contributed by atoms with van der Waals surface area (Å²) in [5.74, 6) is -0.859. The lowest BCUT2D eigenvalue weighted by atomic mass is 10.3. The lowest BCUT2D eigenvalue weighted by molar-refractivity contribution is -0.135. The van der Waals surface area contributed by atoms with E-state index in [9.17, 15) is 13.2 Å². The van der Waals surface area contributed by atoms with Gasteiger partial charge >= 0.3 is 5.97 Å². The first-order valence-electron chi connectivity index (χ1n) is 6.59. The summed E-state index contributed by atoms with van der Waals surface area (Å²) < 4.78 is 31.4. The number of carbonyl (C=O) groups is 1. The molecular formula is C15H13Cl2NO5S. The van der Waals surface area contributed by atoms with Crippen molar-refractivity contribution in [2.75, 3.05) is 18.0 Å². The van der Waals surface area contributed by atoms with Crippen LogP contribution in [0.25, 0.3) is 0 Å². The van der Waals surface area contributed by atoms with Crippen LogP contribution in [0.5, 0.6) is 5.75 Å². The molecule has 0 saturated carbocycles. The van der Waals surface area contributed by atoms with Crippen molar-refractivity contribution in [2.45, 2.75) is 4.90 Å². The third-order valence-electron chi connectivity index (χ3n) is 3.10. The van der Waals surface area contributed by atoms with Crippen LogP contribution in [0.4, 0.5) is 5.69 Å². The third-order valence-corrected chi connectivity index (χ3v) is 5.43. The molecule has 0 saturated heterocycles. The van der Waals surface area contributed by atoms with Gasteiger partial charge in [-0.05, 0) is 42.5 Å². The SMILES string of the molecule is COc1ccc(S(=O)(=O)N(CC(=O)O)c2cc(Cl)ccc2Cl)cc1. The molecular weight excluding hydrogens is 377 g/mol. The Morgan fingerprint density at radius 2 is 1.79 bits per heavy atom. The molecule has 0 radical (unpaired) electrons. The summed E-state index contributed by atoms with van der Waals surface area (Å²) in [6.45, 7) is -0.797. The second kappa shape index (κ2) is 7.29. The number of anilines is 1. The lowest BCUT2D eigenvalue weighted by Crippen LogP contribution is -2.36. The van der Waals surface area contributed by atoms with E-state index in [1.54, 1.807) is 0 Å². The van der Waals surface area contributed by atoms with Crippen molar-refractivity contribution in [3.8, 4) is 5.75 Å². The highest BCUT2D eigenvalue weighted by Crippen LogP contribution is 2.33. The lowest BCUT2D eigenvalue weighted by Gasteiger charge is -2.24. The Hall–Kier alpha value is -1.96. The molecule has 128 valence electrons. The molecule has 2 aromatic rings. The molecule has 0 aliphatic carbocycles. The molecule has 0 aliphatic rings. The highest BCUT2D eigenvalue weighted by molar-refractivity contribution is 7.92. The number of halogens is 2. The first-order chi connectivity index (χ1) is 11.3. The maximum atomic E-state index is 12.9. The van der Waals surface area contributed by atoms with Crippen molar-refractivity contribution in [1.82, 2.24) is 0 Å². The average molecular weight is 390 g/mol. The molecule has 0 heterocycles. The van der Waals surface area contributed by atoms with E-state index in [4.69, 9.17) is 33.0 Å². The number of nitrogens with zero attached hydrogens (tertiary/aromatic N) is 1. The summed E-state index contributed by atoms with van der Waals surface area (Å²) in [5, 5.41) is 9.39. The summed E-state index contributed by atoms with van der Waals surface area (Å²) in [5.41, 5.74) is -0.0117. The van der Waals surface area contributed by atoms with Crippen molar-refractivity contribution in [3.63, 3.8) is 0 Å². The van der Waals surface area contributed by atoms with Gasteiger partial charge in [0.1, 0.15) is 12.3 Å². The minimum Gasteiger partial charge on any atom is -0.497 e.